The van der Waals surface area contributed by atoms with Gasteiger partial charge in [-0.2, -0.15) is 5.10 Å². The van der Waals surface area contributed by atoms with Gasteiger partial charge in [0.2, 0.25) is 5.91 Å². The topological polar surface area (TPSA) is 181 Å². The Hall–Kier alpha value is -5.68. The van der Waals surface area contributed by atoms with Gasteiger partial charge in [-0.25, -0.2) is 19.1 Å². The van der Waals surface area contributed by atoms with Crippen molar-refractivity contribution >= 4 is 46.1 Å². The molecule has 3 aliphatic rings. The molecule has 5 heterocycles. The first-order chi connectivity index (χ1) is 32.5. The van der Waals surface area contributed by atoms with Gasteiger partial charge in [-0.3, -0.25) is 19.1 Å². The number of amides is 3. The average Bonchev–Trinajstić information content (AvgIpc) is 3.75. The van der Waals surface area contributed by atoms with E-state index in [0.717, 1.165) is 85.7 Å². The molecule has 0 radical (unpaired) electrons. The molecule has 3 fully saturated rings. The van der Waals surface area contributed by atoms with Crippen LogP contribution in [0.15, 0.2) is 53.5 Å². The summed E-state index contributed by atoms with van der Waals surface area (Å²) in [5, 5.41) is 18.1. The molecule has 3 aliphatic heterocycles. The van der Waals surface area contributed by atoms with Crippen molar-refractivity contribution < 1.29 is 38.5 Å². The smallest absolute Gasteiger partial charge is 0.450 e. The highest BCUT2D eigenvalue weighted by atomic mass is 16.7. The number of nitrogens with zero attached hydrogens (tertiary/aromatic N) is 7. The molecule has 0 bridgehead atoms. The maximum atomic E-state index is 14.5. The Balaban J connectivity index is 0.989. The number of hydrogen-bond acceptors (Lipinski definition) is 11. The van der Waals surface area contributed by atoms with Crippen molar-refractivity contribution in [2.75, 3.05) is 66.0 Å². The van der Waals surface area contributed by atoms with Crippen LogP contribution in [0, 0.1) is 6.92 Å². The molecule has 17 heteroatoms. The van der Waals surface area contributed by atoms with Crippen LogP contribution in [0.2, 0.25) is 0 Å². The number of aromatic nitrogens is 3. The first kappa shape index (κ1) is 49.2. The molecule has 2 N–H and O–H groups in total. The number of piperidine rings is 2. The van der Waals surface area contributed by atoms with E-state index in [1.807, 2.05) is 54.3 Å². The number of ether oxygens (including phenoxy) is 3. The molecule has 4 aromatic rings. The fourth-order valence-electron chi connectivity index (χ4n) is 10.1. The summed E-state index contributed by atoms with van der Waals surface area (Å²) in [6.07, 6.45) is 12.0. The van der Waals surface area contributed by atoms with E-state index in [1.54, 1.807) is 11.1 Å². The lowest BCUT2D eigenvalue weighted by molar-refractivity contribution is -0.135. The number of para-hydroxylation sites is 1. The molecule has 3 saturated heterocycles. The molecule has 17 nitrogen and oxygen atoms in total. The summed E-state index contributed by atoms with van der Waals surface area (Å²) < 4.78 is 18.6. The Kier molecular flexibility index (Phi) is 17.5. The molecule has 67 heavy (non-hydrogen) atoms. The lowest BCUT2D eigenvalue weighted by atomic mass is 9.89. The van der Waals surface area contributed by atoms with Gasteiger partial charge < -0.3 is 39.3 Å². The normalized spacial score (nSPS) is 17.2. The summed E-state index contributed by atoms with van der Waals surface area (Å²) >= 11 is 0. The van der Waals surface area contributed by atoms with Gasteiger partial charge in [0.25, 0.3) is 5.56 Å². The van der Waals surface area contributed by atoms with Gasteiger partial charge in [0, 0.05) is 62.7 Å². The zero-order valence-electron chi connectivity index (χ0n) is 39.7. The highest BCUT2D eigenvalue weighted by Crippen LogP contribution is 2.29. The van der Waals surface area contributed by atoms with Crippen molar-refractivity contribution in [1.29, 1.82) is 0 Å². The van der Waals surface area contributed by atoms with Gasteiger partial charge in [-0.1, -0.05) is 76.1 Å². The van der Waals surface area contributed by atoms with Crippen LogP contribution in [0.25, 0.3) is 21.8 Å². The number of likely N-dealkylation sites (tertiary alicyclic amines) is 2. The van der Waals surface area contributed by atoms with Crippen LogP contribution >= 0.6 is 0 Å². The number of rotatable bonds is 19. The van der Waals surface area contributed by atoms with E-state index in [9.17, 15) is 24.0 Å². The number of fused-ring (bicyclic) bond motifs is 2. The van der Waals surface area contributed by atoms with Crippen molar-refractivity contribution in [2.24, 2.45) is 0 Å². The Bertz CT molecular complexity index is 2360. The molecule has 0 saturated carbocycles. The zero-order valence-corrected chi connectivity index (χ0v) is 39.7. The molecule has 0 unspecified atom stereocenters. The number of benzene rings is 2. The molecule has 2 aromatic carbocycles. The minimum Gasteiger partial charge on any atom is -0.450 e. The van der Waals surface area contributed by atoms with Crippen LogP contribution in [-0.4, -0.2) is 141 Å². The van der Waals surface area contributed by atoms with Gasteiger partial charge in [0.15, 0.2) is 13.5 Å². The molecular formula is C50H70N8O9. The number of unbranched alkanes of at least 4 members (excludes halogenated alkanes) is 7. The maximum Gasteiger partial charge on any atom is 0.510 e. The van der Waals surface area contributed by atoms with E-state index in [0.29, 0.717) is 56.1 Å². The monoisotopic (exact) mass is 927 g/mol. The first-order valence-electron chi connectivity index (χ1n) is 24.5. The number of carboxylic acid groups (broad SMARTS) is 1. The van der Waals surface area contributed by atoms with Crippen LogP contribution in [0.3, 0.4) is 0 Å². The molecule has 2 aromatic heterocycles. The zero-order chi connectivity index (χ0) is 47.3. The SMILES string of the molecule is CCCCCCCCCCOC(=O)OCn1c(=O)c(C2CCN(C(=O)N[C@H](Cc3cc(C)c4c(cnn4COC(=O)O)c3)C(=O)N3CCN(C4CCN(C)CC4)CC3)CC2)cc2ccccc21. The van der Waals surface area contributed by atoms with Crippen LogP contribution in [0.1, 0.15) is 107 Å². The minimum absolute atomic E-state index is 0.134. The van der Waals surface area contributed by atoms with E-state index in [-0.39, 0.29) is 49.9 Å². The number of aryl methyl sites for hydroxylation is 1. The number of carbonyl (C=O) groups excluding carboxylic acids is 3. The van der Waals surface area contributed by atoms with E-state index in [4.69, 9.17) is 19.3 Å². The molecule has 364 valence electrons. The van der Waals surface area contributed by atoms with Gasteiger partial charge in [0.1, 0.15) is 6.04 Å². The molecule has 0 aliphatic carbocycles. The highest BCUT2D eigenvalue weighted by molar-refractivity contribution is 5.88. The molecule has 7 rings (SSSR count). The lowest BCUT2D eigenvalue weighted by Crippen LogP contribution is -2.59. The van der Waals surface area contributed by atoms with Crippen molar-refractivity contribution in [2.45, 2.75) is 129 Å². The van der Waals surface area contributed by atoms with Crippen molar-refractivity contribution in [3.8, 4) is 0 Å². The van der Waals surface area contributed by atoms with E-state index < -0.39 is 18.4 Å². The van der Waals surface area contributed by atoms with E-state index in [1.165, 1.54) is 41.4 Å². The van der Waals surface area contributed by atoms with Crippen LogP contribution in [0.4, 0.5) is 14.4 Å². The summed E-state index contributed by atoms with van der Waals surface area (Å²) in [5.41, 5.74) is 3.40. The standard InChI is InChI=1S/C50H70N8O9/c1-4-5-6-7-8-9-10-13-28-65-50(64)67-34-57-44-15-12-11-14-39(44)32-42(46(57)59)38-16-22-56(23-17-38)48(61)52-43(47(60)55-26-24-54(25-27-55)41-18-20-53(3)21-19-41)31-37-29-36(2)45-40(30-37)33-51-58(45)35-66-49(62)63/h11-12,14-15,29-30,32-33,38,41,43H,4-10,13,16-28,31,34-35H2,1-3H3,(H,52,61)(H,62,63)/t43-/m1/s1. The van der Waals surface area contributed by atoms with Crippen molar-refractivity contribution in [1.82, 2.24) is 39.3 Å². The Morgan fingerprint density at radius 2 is 1.49 bits per heavy atom. The fourth-order valence-corrected chi connectivity index (χ4v) is 10.1. The van der Waals surface area contributed by atoms with E-state index in [2.05, 4.69) is 34.2 Å². The first-order valence-corrected chi connectivity index (χ1v) is 24.5. The number of carbonyl (C=O) groups is 4. The second-order valence-corrected chi connectivity index (χ2v) is 18.6. The summed E-state index contributed by atoms with van der Waals surface area (Å²) in [5.74, 6) is -0.276. The fraction of sp³-hybridized carbons (Fsp3) is 0.600. The second-order valence-electron chi connectivity index (χ2n) is 18.6. The molecule has 3 amide bonds. The van der Waals surface area contributed by atoms with Crippen LogP contribution in [0.5, 0.6) is 0 Å². The van der Waals surface area contributed by atoms with Crippen LogP contribution < -0.4 is 10.9 Å². The summed E-state index contributed by atoms with van der Waals surface area (Å²) in [4.78, 5) is 74.9. The van der Waals surface area contributed by atoms with E-state index >= 15 is 0 Å². The summed E-state index contributed by atoms with van der Waals surface area (Å²) in [6.45, 7) is 9.45. The lowest BCUT2D eigenvalue weighted by Gasteiger charge is -2.43. The highest BCUT2D eigenvalue weighted by Gasteiger charge is 2.34. The minimum atomic E-state index is -1.40. The Labute approximate surface area is 393 Å². The van der Waals surface area contributed by atoms with Crippen molar-refractivity contribution in [3.05, 3.63) is 75.7 Å². The number of urea groups is 1. The van der Waals surface area contributed by atoms with Gasteiger partial charge in [-0.05, 0) is 99.8 Å². The summed E-state index contributed by atoms with van der Waals surface area (Å²) in [6, 6.07) is 12.6. The van der Waals surface area contributed by atoms with Gasteiger partial charge >= 0.3 is 18.3 Å². The Morgan fingerprint density at radius 3 is 2.21 bits per heavy atom. The number of piperazine rings is 1. The van der Waals surface area contributed by atoms with Crippen LogP contribution in [-0.2, 0) is 38.9 Å². The predicted molar refractivity (Wildman–Crippen MR) is 255 cm³/mol. The second kappa shape index (κ2) is 23.9. The largest absolute Gasteiger partial charge is 0.510 e. The third-order valence-corrected chi connectivity index (χ3v) is 13.9. The average molecular weight is 927 g/mol. The van der Waals surface area contributed by atoms with Gasteiger partial charge in [0.05, 0.1) is 23.8 Å². The third kappa shape index (κ3) is 13.1. The van der Waals surface area contributed by atoms with Crippen molar-refractivity contribution in [3.63, 3.8) is 0 Å². The van der Waals surface area contributed by atoms with Gasteiger partial charge in [-0.15, -0.1) is 0 Å². The quantitative estimate of drug-likeness (QED) is 0.0709. The summed E-state index contributed by atoms with van der Waals surface area (Å²) in [7, 11) is 2.16. The molecule has 1 atom stereocenters. The molecule has 0 spiro atoms. The number of pyridine rings is 1. The Morgan fingerprint density at radius 1 is 0.791 bits per heavy atom. The maximum absolute atomic E-state index is 14.5. The third-order valence-electron chi connectivity index (χ3n) is 13.9. The number of hydrogen-bond donors (Lipinski definition) is 2. The molecular weight excluding hydrogens is 857 g/mol. The number of nitrogens with one attached hydrogen (secondary N) is 1. The predicted octanol–water partition coefficient (Wildman–Crippen LogP) is 7.30.